The summed E-state index contributed by atoms with van der Waals surface area (Å²) in [6.07, 6.45) is 7.05. The third-order valence-electron chi connectivity index (χ3n) is 4.27. The normalized spacial score (nSPS) is 15.5. The largest absolute Gasteiger partial charge is 0.474 e. The molecular formula is C17H25Cl2N5O2. The van der Waals surface area contributed by atoms with Gasteiger partial charge in [-0.2, -0.15) is 5.10 Å². The van der Waals surface area contributed by atoms with E-state index < -0.39 is 0 Å². The Labute approximate surface area is 165 Å². The van der Waals surface area contributed by atoms with Crippen LogP contribution in [0.4, 0.5) is 0 Å². The van der Waals surface area contributed by atoms with E-state index in [1.54, 1.807) is 24.1 Å². The van der Waals surface area contributed by atoms with Gasteiger partial charge in [0, 0.05) is 57.0 Å². The first-order valence-electron chi connectivity index (χ1n) is 8.19. The van der Waals surface area contributed by atoms with E-state index in [0.717, 1.165) is 18.4 Å². The molecule has 0 saturated carbocycles. The van der Waals surface area contributed by atoms with Gasteiger partial charge in [0.2, 0.25) is 11.8 Å². The quantitative estimate of drug-likeness (QED) is 0.828. The van der Waals surface area contributed by atoms with E-state index in [-0.39, 0.29) is 42.9 Å². The molecule has 9 heteroatoms. The lowest BCUT2D eigenvalue weighted by Gasteiger charge is -2.33. The minimum absolute atomic E-state index is 0. The average molecular weight is 402 g/mol. The Balaban J connectivity index is 0.00000169. The standard InChI is InChI=1S/C17H23N5O2.2ClH/c1-18-16(13-11-20-21(2)12-13)17(23)22-9-6-14(7-10-22)24-15-5-3-4-8-19-15;;/h3-5,8,11-12,14,16,18H,6-7,9-10H2,1-2H3;2*1H. The second-order valence-electron chi connectivity index (χ2n) is 5.98. The second-order valence-corrected chi connectivity index (χ2v) is 5.98. The van der Waals surface area contributed by atoms with Crippen LogP contribution in [-0.4, -0.2) is 51.8 Å². The predicted molar refractivity (Wildman–Crippen MR) is 104 cm³/mol. The molecule has 0 radical (unpaired) electrons. The summed E-state index contributed by atoms with van der Waals surface area (Å²) in [4.78, 5) is 18.9. The highest BCUT2D eigenvalue weighted by Crippen LogP contribution is 2.21. The van der Waals surface area contributed by atoms with Crippen LogP contribution in [0.25, 0.3) is 0 Å². The van der Waals surface area contributed by atoms with Crippen molar-refractivity contribution in [3.63, 3.8) is 0 Å². The lowest BCUT2D eigenvalue weighted by atomic mass is 10.0. The molecule has 1 unspecified atom stereocenters. The molecule has 3 heterocycles. The van der Waals surface area contributed by atoms with Gasteiger partial charge in [0.25, 0.3) is 0 Å². The lowest BCUT2D eigenvalue weighted by Crippen LogP contribution is -2.46. The van der Waals surface area contributed by atoms with Crippen molar-refractivity contribution >= 4 is 30.7 Å². The summed E-state index contributed by atoms with van der Waals surface area (Å²) >= 11 is 0. The van der Waals surface area contributed by atoms with Gasteiger partial charge < -0.3 is 15.0 Å². The zero-order chi connectivity index (χ0) is 16.9. The number of piperidine rings is 1. The Morgan fingerprint density at radius 2 is 2.04 bits per heavy atom. The molecule has 3 rings (SSSR count). The number of amides is 1. The summed E-state index contributed by atoms with van der Waals surface area (Å²) < 4.78 is 7.59. The molecule has 26 heavy (non-hydrogen) atoms. The smallest absolute Gasteiger partial charge is 0.244 e. The van der Waals surface area contributed by atoms with Crippen LogP contribution in [0.3, 0.4) is 0 Å². The minimum atomic E-state index is -0.355. The van der Waals surface area contributed by atoms with Crippen molar-refractivity contribution in [1.29, 1.82) is 0 Å². The molecule has 1 amide bonds. The van der Waals surface area contributed by atoms with Gasteiger partial charge in [0.05, 0.1) is 6.20 Å². The van der Waals surface area contributed by atoms with E-state index in [1.165, 1.54) is 0 Å². The fourth-order valence-corrected chi connectivity index (χ4v) is 2.99. The molecule has 1 aliphatic heterocycles. The van der Waals surface area contributed by atoms with Crippen molar-refractivity contribution < 1.29 is 9.53 Å². The van der Waals surface area contributed by atoms with Crippen LogP contribution in [-0.2, 0) is 11.8 Å². The molecule has 1 N–H and O–H groups in total. The summed E-state index contributed by atoms with van der Waals surface area (Å²) in [5.41, 5.74) is 0.886. The number of hydrogen-bond acceptors (Lipinski definition) is 5. The molecule has 1 saturated heterocycles. The number of ether oxygens (including phenoxy) is 1. The lowest BCUT2D eigenvalue weighted by molar-refractivity contribution is -0.135. The highest BCUT2D eigenvalue weighted by molar-refractivity contribution is 5.85. The van der Waals surface area contributed by atoms with Gasteiger partial charge in [0.1, 0.15) is 12.1 Å². The molecule has 0 aliphatic carbocycles. The van der Waals surface area contributed by atoms with E-state index in [9.17, 15) is 4.79 Å². The molecule has 7 nitrogen and oxygen atoms in total. The summed E-state index contributed by atoms with van der Waals surface area (Å²) in [5, 5.41) is 7.24. The van der Waals surface area contributed by atoms with Gasteiger partial charge in [-0.1, -0.05) is 6.07 Å². The monoisotopic (exact) mass is 401 g/mol. The Kier molecular flexibility index (Phi) is 8.84. The first-order chi connectivity index (χ1) is 11.7. The zero-order valence-corrected chi connectivity index (χ0v) is 16.5. The molecule has 1 atom stereocenters. The van der Waals surface area contributed by atoms with Crippen molar-refractivity contribution in [2.45, 2.75) is 25.0 Å². The minimum Gasteiger partial charge on any atom is -0.474 e. The number of rotatable bonds is 5. The van der Waals surface area contributed by atoms with Gasteiger partial charge in [0.15, 0.2) is 0 Å². The maximum atomic E-state index is 12.8. The fraction of sp³-hybridized carbons (Fsp3) is 0.471. The number of carbonyl (C=O) groups is 1. The molecule has 1 fully saturated rings. The SMILES string of the molecule is CNC(C(=O)N1CCC(Oc2ccccn2)CC1)c1cnn(C)c1.Cl.Cl. The molecule has 0 aromatic carbocycles. The van der Waals surface area contributed by atoms with Crippen molar-refractivity contribution in [3.8, 4) is 5.88 Å². The predicted octanol–water partition coefficient (Wildman–Crippen LogP) is 1.99. The van der Waals surface area contributed by atoms with Crippen LogP contribution in [0, 0.1) is 0 Å². The number of carbonyl (C=O) groups excluding carboxylic acids is 1. The topological polar surface area (TPSA) is 72.3 Å². The van der Waals surface area contributed by atoms with Crippen LogP contribution >= 0.6 is 24.8 Å². The summed E-state index contributed by atoms with van der Waals surface area (Å²) in [6, 6.07) is 5.28. The number of nitrogens with zero attached hydrogens (tertiary/aromatic N) is 4. The third kappa shape index (κ3) is 5.33. The third-order valence-corrected chi connectivity index (χ3v) is 4.27. The maximum Gasteiger partial charge on any atom is 0.244 e. The Hall–Kier alpha value is -1.83. The van der Waals surface area contributed by atoms with Crippen molar-refractivity contribution in [2.24, 2.45) is 7.05 Å². The summed E-state index contributed by atoms with van der Waals surface area (Å²) in [6.45, 7) is 1.38. The van der Waals surface area contributed by atoms with Gasteiger partial charge in [-0.05, 0) is 13.1 Å². The van der Waals surface area contributed by atoms with Crippen molar-refractivity contribution in [2.75, 3.05) is 20.1 Å². The number of aromatic nitrogens is 3. The second kappa shape index (κ2) is 10.4. The van der Waals surface area contributed by atoms with Gasteiger partial charge in [-0.25, -0.2) is 4.98 Å². The Bertz CT molecular complexity index is 675. The zero-order valence-electron chi connectivity index (χ0n) is 14.9. The van der Waals surface area contributed by atoms with Gasteiger partial charge >= 0.3 is 0 Å². The Morgan fingerprint density at radius 3 is 2.58 bits per heavy atom. The summed E-state index contributed by atoms with van der Waals surface area (Å²) in [5.74, 6) is 0.729. The van der Waals surface area contributed by atoms with Crippen LogP contribution in [0.5, 0.6) is 5.88 Å². The van der Waals surface area contributed by atoms with Crippen LogP contribution < -0.4 is 10.1 Å². The molecular weight excluding hydrogens is 377 g/mol. The van der Waals surface area contributed by atoms with Crippen LogP contribution in [0.1, 0.15) is 24.4 Å². The number of aryl methyl sites for hydroxylation is 1. The summed E-state index contributed by atoms with van der Waals surface area (Å²) in [7, 11) is 3.65. The highest BCUT2D eigenvalue weighted by Gasteiger charge is 2.29. The molecule has 2 aromatic heterocycles. The first kappa shape index (κ1) is 22.2. The van der Waals surface area contributed by atoms with E-state index in [4.69, 9.17) is 4.74 Å². The average Bonchev–Trinajstić information content (AvgIpc) is 3.03. The molecule has 1 aliphatic rings. The number of pyridine rings is 1. The first-order valence-corrected chi connectivity index (χ1v) is 8.19. The van der Waals surface area contributed by atoms with Crippen LogP contribution in [0.15, 0.2) is 36.8 Å². The number of likely N-dealkylation sites (N-methyl/N-ethyl adjacent to an activating group) is 1. The Morgan fingerprint density at radius 1 is 1.31 bits per heavy atom. The molecule has 0 bridgehead atoms. The molecule has 144 valence electrons. The molecule has 2 aromatic rings. The maximum absolute atomic E-state index is 12.8. The van der Waals surface area contributed by atoms with Crippen molar-refractivity contribution in [1.82, 2.24) is 25.0 Å². The molecule has 0 spiro atoms. The number of nitrogens with one attached hydrogen (secondary N) is 1. The number of hydrogen-bond donors (Lipinski definition) is 1. The van der Waals surface area contributed by atoms with Crippen molar-refractivity contribution in [3.05, 3.63) is 42.4 Å². The van der Waals surface area contributed by atoms with E-state index in [2.05, 4.69) is 15.4 Å². The van der Waals surface area contributed by atoms with E-state index >= 15 is 0 Å². The van der Waals surface area contributed by atoms with Crippen LogP contribution in [0.2, 0.25) is 0 Å². The van der Waals surface area contributed by atoms with E-state index in [1.807, 2.05) is 36.3 Å². The fourth-order valence-electron chi connectivity index (χ4n) is 2.99. The number of likely N-dealkylation sites (tertiary alicyclic amines) is 1. The number of halogens is 2. The van der Waals surface area contributed by atoms with E-state index in [0.29, 0.717) is 19.0 Å². The van der Waals surface area contributed by atoms with Gasteiger partial charge in [-0.3, -0.25) is 9.48 Å². The van der Waals surface area contributed by atoms with Gasteiger partial charge in [-0.15, -0.1) is 24.8 Å². The highest BCUT2D eigenvalue weighted by atomic mass is 35.5.